The molecule has 0 unspecified atom stereocenters. The average molecular weight is 553 g/mol. The van der Waals surface area contributed by atoms with Gasteiger partial charge in [-0.1, -0.05) is 41.9 Å². The molecule has 0 bridgehead atoms. The maximum atomic E-state index is 14.4. The molecule has 192 valence electrons. The largest absolute Gasteiger partial charge is 0.416 e. The minimum atomic E-state index is -5.25. The van der Waals surface area contributed by atoms with Gasteiger partial charge in [0.1, 0.15) is 5.82 Å². The monoisotopic (exact) mass is 552 g/mol. The molecule has 0 spiro atoms. The summed E-state index contributed by atoms with van der Waals surface area (Å²) in [5, 5.41) is 0.110. The first kappa shape index (κ1) is 27.6. The van der Waals surface area contributed by atoms with Crippen LogP contribution in [0.4, 0.5) is 30.7 Å². The molecule has 0 fully saturated rings. The van der Waals surface area contributed by atoms with Crippen LogP contribution >= 0.6 is 11.6 Å². The number of pyridine rings is 1. The molecule has 0 aliphatic heterocycles. The second-order valence-corrected chi connectivity index (χ2v) is 9.93. The molecule has 3 rings (SSSR count). The summed E-state index contributed by atoms with van der Waals surface area (Å²) in [6.45, 7) is 1.19. The molecule has 0 saturated carbocycles. The molecule has 36 heavy (non-hydrogen) atoms. The third kappa shape index (κ3) is 6.41. The summed E-state index contributed by atoms with van der Waals surface area (Å²) in [7, 11) is -5.25. The lowest BCUT2D eigenvalue weighted by atomic mass is 9.72. The highest BCUT2D eigenvalue weighted by Gasteiger charge is 2.42. The molecule has 0 N–H and O–H groups in total. The maximum Gasteiger partial charge on any atom is 0.416 e. The standard InChI is InChI=1S/C23H16ClF7N2O2S/c1-21(19-8-7-17(24)12-32-19,15-9-16(23(29,30)31)11-18(25)10-15)20(14-5-3-2-4-6-14)33-36(34,35)13-22(26,27)28/h2-12H,13H2,1H3/b33-20+/t21-/m1/s1. The fourth-order valence-corrected chi connectivity index (χ4v) is 4.68. The number of alkyl halides is 6. The summed E-state index contributed by atoms with van der Waals surface area (Å²) in [6.07, 6.45) is -9.04. The fourth-order valence-electron chi connectivity index (χ4n) is 3.53. The molecular weight excluding hydrogens is 537 g/mol. The van der Waals surface area contributed by atoms with E-state index in [1.54, 1.807) is 0 Å². The zero-order valence-corrected chi connectivity index (χ0v) is 19.8. The Morgan fingerprint density at radius 3 is 2.08 bits per heavy atom. The highest BCUT2D eigenvalue weighted by Crippen LogP contribution is 2.40. The van der Waals surface area contributed by atoms with E-state index in [0.717, 1.165) is 6.20 Å². The number of rotatable bonds is 6. The molecule has 13 heteroatoms. The third-order valence-corrected chi connectivity index (χ3v) is 6.52. The highest BCUT2D eigenvalue weighted by atomic mass is 35.5. The Morgan fingerprint density at radius 1 is 0.944 bits per heavy atom. The van der Waals surface area contributed by atoms with E-state index in [4.69, 9.17) is 11.6 Å². The summed E-state index contributed by atoms with van der Waals surface area (Å²) in [5.74, 6) is -3.64. The van der Waals surface area contributed by atoms with Crippen LogP contribution in [-0.4, -0.2) is 31.0 Å². The Morgan fingerprint density at radius 2 is 1.56 bits per heavy atom. The predicted molar refractivity (Wildman–Crippen MR) is 120 cm³/mol. The van der Waals surface area contributed by atoms with Gasteiger partial charge in [-0.3, -0.25) is 4.98 Å². The predicted octanol–water partition coefficient (Wildman–Crippen LogP) is 6.58. The number of hydrogen-bond donors (Lipinski definition) is 0. The first-order valence-electron chi connectivity index (χ1n) is 9.97. The van der Waals surface area contributed by atoms with Crippen LogP contribution < -0.4 is 0 Å². The summed E-state index contributed by atoms with van der Waals surface area (Å²) in [5.41, 5.74) is -4.71. The lowest BCUT2D eigenvalue weighted by Gasteiger charge is -2.32. The molecule has 0 radical (unpaired) electrons. The van der Waals surface area contributed by atoms with Crippen molar-refractivity contribution >= 4 is 27.3 Å². The maximum absolute atomic E-state index is 14.4. The van der Waals surface area contributed by atoms with E-state index in [0.29, 0.717) is 12.1 Å². The molecule has 3 aromatic rings. The number of sulfonamides is 1. The van der Waals surface area contributed by atoms with Crippen LogP contribution in [0.1, 0.15) is 29.3 Å². The van der Waals surface area contributed by atoms with Crippen LogP contribution in [0.5, 0.6) is 0 Å². The van der Waals surface area contributed by atoms with Crippen LogP contribution in [0, 0.1) is 5.82 Å². The first-order valence-corrected chi connectivity index (χ1v) is 12.0. The van der Waals surface area contributed by atoms with E-state index in [2.05, 4.69) is 9.38 Å². The van der Waals surface area contributed by atoms with Gasteiger partial charge < -0.3 is 0 Å². The Kier molecular flexibility index (Phi) is 7.52. The number of aromatic nitrogens is 1. The topological polar surface area (TPSA) is 59.4 Å². The van der Waals surface area contributed by atoms with Crippen molar-refractivity contribution in [1.82, 2.24) is 4.98 Å². The van der Waals surface area contributed by atoms with Crippen LogP contribution in [0.25, 0.3) is 0 Å². The van der Waals surface area contributed by atoms with Crippen molar-refractivity contribution in [2.45, 2.75) is 24.7 Å². The van der Waals surface area contributed by atoms with E-state index in [-0.39, 0.29) is 22.3 Å². The Labute approximate surface area is 206 Å². The van der Waals surface area contributed by atoms with Gasteiger partial charge in [-0.2, -0.15) is 30.7 Å². The van der Waals surface area contributed by atoms with Gasteiger partial charge in [0.05, 0.1) is 27.4 Å². The molecule has 0 amide bonds. The number of halogens is 8. The molecule has 2 aromatic carbocycles. The second kappa shape index (κ2) is 9.81. The zero-order chi connectivity index (χ0) is 26.9. The molecule has 4 nitrogen and oxygen atoms in total. The van der Waals surface area contributed by atoms with Crippen molar-refractivity contribution in [3.8, 4) is 0 Å². The van der Waals surface area contributed by atoms with Gasteiger partial charge in [-0.15, -0.1) is 0 Å². The minimum Gasteiger partial charge on any atom is -0.258 e. The van der Waals surface area contributed by atoms with Crippen LogP contribution in [0.15, 0.2) is 71.3 Å². The van der Waals surface area contributed by atoms with Crippen molar-refractivity contribution in [2.75, 3.05) is 5.75 Å². The van der Waals surface area contributed by atoms with Gasteiger partial charge in [0.2, 0.25) is 0 Å². The van der Waals surface area contributed by atoms with Gasteiger partial charge >= 0.3 is 12.4 Å². The van der Waals surface area contributed by atoms with E-state index in [1.165, 1.54) is 49.4 Å². The van der Waals surface area contributed by atoms with Crippen LogP contribution in [-0.2, 0) is 21.6 Å². The molecule has 1 atom stereocenters. The molecule has 0 aliphatic carbocycles. The van der Waals surface area contributed by atoms with Gasteiger partial charge in [-0.25, -0.2) is 12.8 Å². The summed E-state index contributed by atoms with van der Waals surface area (Å²) in [6, 6.07) is 11.0. The quantitative estimate of drug-likeness (QED) is 0.256. The van der Waals surface area contributed by atoms with E-state index < -0.39 is 56.2 Å². The number of hydrogen-bond acceptors (Lipinski definition) is 3. The zero-order valence-electron chi connectivity index (χ0n) is 18.2. The van der Waals surface area contributed by atoms with Crippen LogP contribution in [0.3, 0.4) is 0 Å². The van der Waals surface area contributed by atoms with E-state index >= 15 is 0 Å². The van der Waals surface area contributed by atoms with E-state index in [9.17, 15) is 39.2 Å². The first-order chi connectivity index (χ1) is 16.5. The number of nitrogens with zero attached hydrogens (tertiary/aromatic N) is 2. The Hall–Kier alpha value is -2.99. The highest BCUT2D eigenvalue weighted by molar-refractivity contribution is 7.90. The molecule has 0 aliphatic rings. The SMILES string of the molecule is C[C@@](/C(=N/S(=O)(=O)CC(F)(F)F)c1ccccc1)(c1cc(F)cc(C(F)(F)F)c1)c1ccc(Cl)cn1. The average Bonchev–Trinajstić information content (AvgIpc) is 2.75. The van der Waals surface area contributed by atoms with E-state index in [1.807, 2.05) is 0 Å². The summed E-state index contributed by atoms with van der Waals surface area (Å²) in [4.78, 5) is 4.07. The Balaban J connectivity index is 2.45. The van der Waals surface area contributed by atoms with Crippen molar-refractivity contribution in [3.05, 3.63) is 100 Å². The third-order valence-electron chi connectivity index (χ3n) is 5.14. The lowest BCUT2D eigenvalue weighted by Crippen LogP contribution is -2.37. The number of benzene rings is 2. The van der Waals surface area contributed by atoms with Gasteiger partial charge in [-0.05, 0) is 48.4 Å². The van der Waals surface area contributed by atoms with Crippen molar-refractivity contribution in [2.24, 2.45) is 4.40 Å². The normalized spacial score (nSPS) is 15.0. The minimum absolute atomic E-state index is 0.0414. The smallest absolute Gasteiger partial charge is 0.258 e. The van der Waals surface area contributed by atoms with Crippen molar-refractivity contribution in [1.29, 1.82) is 0 Å². The molecule has 0 saturated heterocycles. The van der Waals surface area contributed by atoms with Gasteiger partial charge in [0.25, 0.3) is 10.0 Å². The summed E-state index contributed by atoms with van der Waals surface area (Å²) >= 11 is 5.87. The Bertz CT molecular complexity index is 1370. The van der Waals surface area contributed by atoms with Crippen LogP contribution in [0.2, 0.25) is 5.02 Å². The summed E-state index contributed by atoms with van der Waals surface area (Å²) < 4.78 is 122. The second-order valence-electron chi connectivity index (χ2n) is 7.86. The molecule has 1 aromatic heterocycles. The van der Waals surface area contributed by atoms with Crippen molar-refractivity contribution in [3.63, 3.8) is 0 Å². The van der Waals surface area contributed by atoms with Gasteiger partial charge in [0.15, 0.2) is 5.75 Å². The molecule has 1 heterocycles. The lowest BCUT2D eigenvalue weighted by molar-refractivity contribution is -0.137. The fraction of sp³-hybridized carbons (Fsp3) is 0.217. The van der Waals surface area contributed by atoms with Crippen molar-refractivity contribution < 1.29 is 39.2 Å². The molecular formula is C23H16ClF7N2O2S. The van der Waals surface area contributed by atoms with Gasteiger partial charge in [0, 0.05) is 6.20 Å².